The van der Waals surface area contributed by atoms with Crippen LogP contribution < -0.4 is 10.0 Å². The minimum Gasteiger partial charge on any atom is -0.336 e. The normalized spacial score (nSPS) is 19.2. The number of benzene rings is 2. The van der Waals surface area contributed by atoms with Crippen LogP contribution in [0.3, 0.4) is 0 Å². The number of hydrogen-bond donors (Lipinski definition) is 1. The summed E-state index contributed by atoms with van der Waals surface area (Å²) < 4.78 is 26.9. The van der Waals surface area contributed by atoms with E-state index in [1.807, 2.05) is 17.9 Å². The van der Waals surface area contributed by atoms with Gasteiger partial charge in [0.2, 0.25) is 0 Å². The summed E-state index contributed by atoms with van der Waals surface area (Å²) >= 11 is 0. The van der Waals surface area contributed by atoms with Gasteiger partial charge >= 0.3 is 0 Å². The van der Waals surface area contributed by atoms with Crippen molar-refractivity contribution in [3.63, 3.8) is 0 Å². The maximum Gasteiger partial charge on any atom is 0.264 e. The largest absolute Gasteiger partial charge is 0.336 e. The fourth-order valence-electron chi connectivity index (χ4n) is 3.47. The van der Waals surface area contributed by atoms with Gasteiger partial charge in [-0.2, -0.15) is 0 Å². The van der Waals surface area contributed by atoms with E-state index in [2.05, 4.69) is 0 Å². The molecule has 1 saturated heterocycles. The van der Waals surface area contributed by atoms with E-state index in [9.17, 15) is 13.2 Å². The maximum atomic E-state index is 12.8. The number of sulfonamides is 1. The molecule has 2 aromatic rings. The number of nitrogens with zero attached hydrogens (tertiary/aromatic N) is 2. The van der Waals surface area contributed by atoms with Crippen molar-refractivity contribution in [3.05, 3.63) is 60.2 Å². The summed E-state index contributed by atoms with van der Waals surface area (Å²) in [7, 11) is -2.17. The first-order valence-corrected chi connectivity index (χ1v) is 10.4. The molecule has 0 aliphatic carbocycles. The molecule has 28 heavy (non-hydrogen) atoms. The van der Waals surface area contributed by atoms with Crippen LogP contribution >= 0.6 is 12.4 Å². The summed E-state index contributed by atoms with van der Waals surface area (Å²) in [4.78, 5) is 14.7. The Kier molecular flexibility index (Phi) is 7.09. The minimum absolute atomic E-state index is 0. The number of anilines is 1. The van der Waals surface area contributed by atoms with Gasteiger partial charge in [0.1, 0.15) is 0 Å². The highest BCUT2D eigenvalue weighted by Gasteiger charge is 2.32. The molecule has 2 aromatic carbocycles. The molecule has 1 fully saturated rings. The monoisotopic (exact) mass is 423 g/mol. The van der Waals surface area contributed by atoms with Crippen LogP contribution in [0.5, 0.6) is 0 Å². The molecule has 0 spiro atoms. The van der Waals surface area contributed by atoms with Crippen molar-refractivity contribution >= 4 is 34.0 Å². The van der Waals surface area contributed by atoms with Crippen LogP contribution in [-0.4, -0.2) is 45.4 Å². The van der Waals surface area contributed by atoms with Crippen molar-refractivity contribution in [3.8, 4) is 0 Å². The number of carbonyl (C=O) groups is 1. The summed E-state index contributed by atoms with van der Waals surface area (Å²) in [6.07, 6.45) is 0.899. The maximum absolute atomic E-state index is 12.8. The smallest absolute Gasteiger partial charge is 0.264 e. The SMILES string of the molecule is CC1CC(CN)CN1C(=O)c1ccc(S(=O)(=O)N(C)c2ccccc2)cc1.Cl. The lowest BCUT2D eigenvalue weighted by molar-refractivity contribution is 0.0743. The molecule has 1 amide bonds. The lowest BCUT2D eigenvalue weighted by Gasteiger charge is -2.22. The van der Waals surface area contributed by atoms with Gasteiger partial charge in [-0.3, -0.25) is 9.10 Å². The molecule has 2 atom stereocenters. The first-order valence-electron chi connectivity index (χ1n) is 8.99. The van der Waals surface area contributed by atoms with Gasteiger partial charge in [-0.05, 0) is 62.2 Å². The number of para-hydroxylation sites is 1. The molecule has 3 rings (SSSR count). The van der Waals surface area contributed by atoms with Crippen molar-refractivity contribution in [2.24, 2.45) is 11.7 Å². The van der Waals surface area contributed by atoms with Crippen LogP contribution in [0.4, 0.5) is 5.69 Å². The molecule has 8 heteroatoms. The van der Waals surface area contributed by atoms with Gasteiger partial charge in [0.05, 0.1) is 10.6 Å². The van der Waals surface area contributed by atoms with E-state index in [0.717, 1.165) is 6.42 Å². The Morgan fingerprint density at radius 2 is 1.75 bits per heavy atom. The number of amides is 1. The van der Waals surface area contributed by atoms with E-state index < -0.39 is 10.0 Å². The second-order valence-corrected chi connectivity index (χ2v) is 8.95. The summed E-state index contributed by atoms with van der Waals surface area (Å²) in [5, 5.41) is 0. The Morgan fingerprint density at radius 3 is 2.29 bits per heavy atom. The Morgan fingerprint density at radius 1 is 1.14 bits per heavy atom. The summed E-state index contributed by atoms with van der Waals surface area (Å²) in [6.45, 7) is 3.23. The van der Waals surface area contributed by atoms with Gasteiger partial charge in [-0.25, -0.2) is 8.42 Å². The lowest BCUT2D eigenvalue weighted by Crippen LogP contribution is -2.34. The van der Waals surface area contributed by atoms with Crippen LogP contribution in [-0.2, 0) is 10.0 Å². The van der Waals surface area contributed by atoms with E-state index in [1.165, 1.54) is 23.5 Å². The Labute approximate surface area is 172 Å². The van der Waals surface area contributed by atoms with Gasteiger partial charge < -0.3 is 10.6 Å². The highest BCUT2D eigenvalue weighted by atomic mass is 35.5. The molecule has 152 valence electrons. The molecular formula is C20H26ClN3O3S. The molecular weight excluding hydrogens is 398 g/mol. The molecule has 1 aliphatic heterocycles. The summed E-state index contributed by atoms with van der Waals surface area (Å²) in [5.74, 6) is 0.238. The molecule has 2 unspecified atom stereocenters. The zero-order valence-corrected chi connectivity index (χ0v) is 17.6. The predicted molar refractivity (Wildman–Crippen MR) is 113 cm³/mol. The molecule has 1 heterocycles. The van der Waals surface area contributed by atoms with Crippen molar-refractivity contribution in [2.45, 2.75) is 24.3 Å². The van der Waals surface area contributed by atoms with Crippen LogP contribution in [0.25, 0.3) is 0 Å². The van der Waals surface area contributed by atoms with Crippen LogP contribution in [0.2, 0.25) is 0 Å². The molecule has 0 radical (unpaired) electrons. The number of hydrogen-bond acceptors (Lipinski definition) is 4. The van der Waals surface area contributed by atoms with Crippen molar-refractivity contribution in [1.29, 1.82) is 0 Å². The number of nitrogens with two attached hydrogens (primary N) is 1. The van der Waals surface area contributed by atoms with Gasteiger partial charge in [-0.1, -0.05) is 18.2 Å². The number of likely N-dealkylation sites (tertiary alicyclic amines) is 1. The first-order chi connectivity index (χ1) is 12.8. The van der Waals surface area contributed by atoms with Crippen LogP contribution in [0.15, 0.2) is 59.5 Å². The minimum atomic E-state index is -3.69. The van der Waals surface area contributed by atoms with E-state index in [1.54, 1.807) is 36.4 Å². The van der Waals surface area contributed by atoms with Crippen molar-refractivity contribution in [2.75, 3.05) is 24.4 Å². The van der Waals surface area contributed by atoms with Gasteiger partial charge in [-0.15, -0.1) is 12.4 Å². The zero-order valence-electron chi connectivity index (χ0n) is 16.0. The van der Waals surface area contributed by atoms with Gasteiger partial charge in [0.25, 0.3) is 15.9 Å². The van der Waals surface area contributed by atoms with Gasteiger partial charge in [0.15, 0.2) is 0 Å². The molecule has 0 aromatic heterocycles. The third-order valence-corrected chi connectivity index (χ3v) is 6.93. The molecule has 2 N–H and O–H groups in total. The second-order valence-electron chi connectivity index (χ2n) is 6.98. The van der Waals surface area contributed by atoms with E-state index in [4.69, 9.17) is 5.73 Å². The Balaban J connectivity index is 0.00000280. The van der Waals surface area contributed by atoms with Crippen LogP contribution in [0, 0.1) is 5.92 Å². The first kappa shape index (κ1) is 22.2. The number of halogens is 1. The fourth-order valence-corrected chi connectivity index (χ4v) is 4.66. The average molecular weight is 424 g/mol. The quantitative estimate of drug-likeness (QED) is 0.801. The highest BCUT2D eigenvalue weighted by molar-refractivity contribution is 7.92. The number of carbonyl (C=O) groups excluding carboxylic acids is 1. The predicted octanol–water partition coefficient (Wildman–Crippen LogP) is 2.74. The van der Waals surface area contributed by atoms with Crippen LogP contribution in [0.1, 0.15) is 23.7 Å². The topological polar surface area (TPSA) is 83.7 Å². The fraction of sp³-hybridized carbons (Fsp3) is 0.350. The van der Waals surface area contributed by atoms with Gasteiger partial charge in [0, 0.05) is 25.2 Å². The Hall–Kier alpha value is -2.09. The Bertz CT molecular complexity index is 904. The zero-order chi connectivity index (χ0) is 19.6. The lowest BCUT2D eigenvalue weighted by atomic mass is 10.1. The molecule has 0 saturated carbocycles. The molecule has 0 bridgehead atoms. The standard InChI is InChI=1S/C20H25N3O3S.ClH/c1-15-12-16(13-21)14-23(15)20(24)17-8-10-19(11-9-17)27(25,26)22(2)18-6-4-3-5-7-18;/h3-11,15-16H,12-14,21H2,1-2H3;1H. The molecule has 1 aliphatic rings. The van der Waals surface area contributed by atoms with Crippen molar-refractivity contribution < 1.29 is 13.2 Å². The second kappa shape index (κ2) is 8.94. The summed E-state index contributed by atoms with van der Waals surface area (Å²) in [5.41, 5.74) is 6.80. The third-order valence-electron chi connectivity index (χ3n) is 5.14. The highest BCUT2D eigenvalue weighted by Crippen LogP contribution is 2.26. The van der Waals surface area contributed by atoms with E-state index in [-0.39, 0.29) is 29.3 Å². The van der Waals surface area contributed by atoms with E-state index in [0.29, 0.717) is 30.3 Å². The average Bonchev–Trinajstić information content (AvgIpc) is 3.08. The summed E-state index contributed by atoms with van der Waals surface area (Å²) in [6, 6.07) is 15.1. The molecule has 6 nitrogen and oxygen atoms in total. The third kappa shape index (κ3) is 4.32. The van der Waals surface area contributed by atoms with Crippen molar-refractivity contribution in [1.82, 2.24) is 4.90 Å². The number of rotatable bonds is 5. The van der Waals surface area contributed by atoms with E-state index >= 15 is 0 Å².